The maximum absolute atomic E-state index is 13.6. The Labute approximate surface area is 225 Å². The zero-order valence-corrected chi connectivity index (χ0v) is 22.7. The molecule has 5 rings (SSSR count). The quantitative estimate of drug-likeness (QED) is 0.402. The minimum absolute atomic E-state index is 0.0623. The maximum atomic E-state index is 13.6. The summed E-state index contributed by atoms with van der Waals surface area (Å²) >= 11 is 3.36. The highest BCUT2D eigenvalue weighted by Gasteiger charge is 2.31. The average Bonchev–Trinajstić information content (AvgIpc) is 3.72. The molecule has 1 saturated carbocycles. The molecule has 2 fully saturated rings. The van der Waals surface area contributed by atoms with Gasteiger partial charge in [0.2, 0.25) is 0 Å². The second kappa shape index (κ2) is 11.2. The molecule has 8 heteroatoms. The number of benzene rings is 1. The van der Waals surface area contributed by atoms with Gasteiger partial charge in [-0.3, -0.25) is 9.69 Å². The minimum Gasteiger partial charge on any atom is -0.494 e. The Morgan fingerprint density at radius 2 is 1.89 bits per heavy atom. The molecule has 0 bridgehead atoms. The predicted molar refractivity (Wildman–Crippen MR) is 144 cm³/mol. The monoisotopic (exact) mass is 572 g/mol. The largest absolute Gasteiger partial charge is 0.494 e. The van der Waals surface area contributed by atoms with E-state index in [2.05, 4.69) is 33.0 Å². The number of piperidine rings is 1. The first-order valence-corrected chi connectivity index (χ1v) is 14.0. The van der Waals surface area contributed by atoms with Gasteiger partial charge < -0.3 is 19.5 Å². The van der Waals surface area contributed by atoms with E-state index in [4.69, 9.17) is 4.74 Å². The third-order valence-corrected chi connectivity index (χ3v) is 8.38. The number of ether oxygens (including phenoxy) is 1. The summed E-state index contributed by atoms with van der Waals surface area (Å²) in [6, 6.07) is 5.88. The molecule has 1 aromatic heterocycles. The van der Waals surface area contributed by atoms with Crippen molar-refractivity contribution in [3.8, 4) is 5.75 Å². The van der Waals surface area contributed by atoms with E-state index in [0.29, 0.717) is 23.4 Å². The van der Waals surface area contributed by atoms with Crippen molar-refractivity contribution in [3.05, 3.63) is 85.5 Å². The fraction of sp³-hybridized carbons (Fsp3) is 0.483. The van der Waals surface area contributed by atoms with Gasteiger partial charge in [0.1, 0.15) is 11.6 Å². The first-order valence-electron chi connectivity index (χ1n) is 13.2. The van der Waals surface area contributed by atoms with Gasteiger partial charge in [-0.25, -0.2) is 4.39 Å². The third kappa shape index (κ3) is 5.93. The van der Waals surface area contributed by atoms with E-state index in [1.54, 1.807) is 22.9 Å². The molecule has 198 valence electrons. The average molecular weight is 574 g/mol. The second-order valence-electron chi connectivity index (χ2n) is 10.3. The van der Waals surface area contributed by atoms with Gasteiger partial charge in [0, 0.05) is 59.5 Å². The molecule has 6 nitrogen and oxygen atoms in total. The molecule has 1 saturated heterocycles. The molecular weight excluding hydrogens is 539 g/mol. The fourth-order valence-corrected chi connectivity index (χ4v) is 6.12. The van der Waals surface area contributed by atoms with Crippen LogP contribution in [0.25, 0.3) is 0 Å². The lowest BCUT2D eigenvalue weighted by Crippen LogP contribution is -2.37. The highest BCUT2D eigenvalue weighted by Crippen LogP contribution is 2.47. The van der Waals surface area contributed by atoms with Crippen molar-refractivity contribution in [2.75, 3.05) is 19.7 Å². The number of aliphatic hydroxyl groups is 2. The van der Waals surface area contributed by atoms with E-state index in [9.17, 15) is 19.4 Å². The Morgan fingerprint density at radius 1 is 1.14 bits per heavy atom. The van der Waals surface area contributed by atoms with Crippen molar-refractivity contribution in [2.24, 2.45) is 0 Å². The first-order chi connectivity index (χ1) is 17.8. The first kappa shape index (κ1) is 26.4. The summed E-state index contributed by atoms with van der Waals surface area (Å²) in [5.74, 6) is 1.50. The van der Waals surface area contributed by atoms with Crippen LogP contribution in [-0.4, -0.2) is 39.4 Å². The fourth-order valence-electron chi connectivity index (χ4n) is 5.58. The molecule has 1 atom stereocenters. The van der Waals surface area contributed by atoms with Crippen molar-refractivity contribution in [2.45, 2.75) is 69.7 Å². The molecular formula is C29H34BrFN2O4. The molecule has 0 spiro atoms. The van der Waals surface area contributed by atoms with Crippen LogP contribution in [0.3, 0.4) is 0 Å². The van der Waals surface area contributed by atoms with Crippen LogP contribution >= 0.6 is 15.9 Å². The smallest absolute Gasteiger partial charge is 0.251 e. The van der Waals surface area contributed by atoms with Crippen LogP contribution in [0.15, 0.2) is 57.7 Å². The zero-order chi connectivity index (χ0) is 26.1. The lowest BCUT2D eigenvalue weighted by Gasteiger charge is -2.33. The van der Waals surface area contributed by atoms with Gasteiger partial charge in [-0.15, -0.1) is 0 Å². The highest BCUT2D eigenvalue weighted by molar-refractivity contribution is 9.10. The Hall–Kier alpha value is -2.26. The van der Waals surface area contributed by atoms with Gasteiger partial charge in [0.05, 0.1) is 6.61 Å². The SMILES string of the molecule is CCOc1cc(C2C=CC(F)=CC2)c(C2CC2)cc1CN1CCC(n2cc(Br)c(C(O)O)cc2=O)CC1. The highest BCUT2D eigenvalue weighted by atomic mass is 79.9. The number of aromatic nitrogens is 1. The molecule has 3 aliphatic rings. The van der Waals surface area contributed by atoms with Crippen molar-refractivity contribution in [3.63, 3.8) is 0 Å². The molecule has 1 unspecified atom stereocenters. The lowest BCUT2D eigenvalue weighted by atomic mass is 9.86. The Morgan fingerprint density at radius 3 is 2.51 bits per heavy atom. The predicted octanol–water partition coefficient (Wildman–Crippen LogP) is 5.60. The Balaban J connectivity index is 1.32. The number of allylic oxidation sites excluding steroid dienone is 4. The Bertz CT molecular complexity index is 1260. The van der Waals surface area contributed by atoms with Gasteiger partial charge in [0.25, 0.3) is 5.56 Å². The topological polar surface area (TPSA) is 74.9 Å². The standard InChI is InChI=1S/C29H34BrFN2O4/c1-2-37-27-14-24(19-5-7-21(31)8-6-19)23(18-3-4-18)13-20(27)16-32-11-9-22(10-12-32)33-17-26(30)25(29(35)36)15-28(33)34/h5,7-8,13-15,17-19,22,29,35-36H,2-4,6,9-12,16H2,1H3. The van der Waals surface area contributed by atoms with Crippen LogP contribution in [-0.2, 0) is 6.54 Å². The maximum Gasteiger partial charge on any atom is 0.251 e. The number of nitrogens with zero attached hydrogens (tertiary/aromatic N) is 2. The van der Waals surface area contributed by atoms with E-state index < -0.39 is 6.29 Å². The summed E-state index contributed by atoms with van der Waals surface area (Å²) in [6.07, 6.45) is 9.94. The van der Waals surface area contributed by atoms with Gasteiger partial charge in [-0.1, -0.05) is 12.1 Å². The third-order valence-electron chi connectivity index (χ3n) is 7.72. The molecule has 0 amide bonds. The van der Waals surface area contributed by atoms with Gasteiger partial charge in [-0.2, -0.15) is 0 Å². The van der Waals surface area contributed by atoms with E-state index >= 15 is 0 Å². The summed E-state index contributed by atoms with van der Waals surface area (Å²) in [5.41, 5.74) is 3.78. The number of pyridine rings is 1. The van der Waals surface area contributed by atoms with Crippen molar-refractivity contribution in [1.29, 1.82) is 0 Å². The number of hydrogen-bond acceptors (Lipinski definition) is 5. The molecule has 0 radical (unpaired) electrons. The number of halogens is 2. The number of aliphatic hydroxyl groups excluding tert-OH is 1. The number of hydrogen-bond donors (Lipinski definition) is 2. The second-order valence-corrected chi connectivity index (χ2v) is 11.1. The van der Waals surface area contributed by atoms with E-state index in [1.807, 2.05) is 13.0 Å². The normalized spacial score (nSPS) is 20.9. The number of rotatable bonds is 8. The Kier molecular flexibility index (Phi) is 8.00. The molecule has 1 aromatic carbocycles. The minimum atomic E-state index is -1.68. The summed E-state index contributed by atoms with van der Waals surface area (Å²) in [4.78, 5) is 15.0. The van der Waals surface area contributed by atoms with Crippen LogP contribution in [0.2, 0.25) is 0 Å². The summed E-state index contributed by atoms with van der Waals surface area (Å²) < 4.78 is 21.9. The van der Waals surface area contributed by atoms with Crippen LogP contribution in [0.1, 0.15) is 85.4 Å². The molecule has 2 aliphatic carbocycles. The lowest BCUT2D eigenvalue weighted by molar-refractivity contribution is -0.0432. The van der Waals surface area contributed by atoms with E-state index in [-0.39, 0.29) is 28.9 Å². The summed E-state index contributed by atoms with van der Waals surface area (Å²) in [5, 5.41) is 18.9. The molecule has 1 aliphatic heterocycles. The van der Waals surface area contributed by atoms with Crippen molar-refractivity contribution < 1.29 is 19.3 Å². The van der Waals surface area contributed by atoms with Gasteiger partial charge in [-0.05, 0) is 90.2 Å². The van der Waals surface area contributed by atoms with Crippen molar-refractivity contribution in [1.82, 2.24) is 9.47 Å². The van der Waals surface area contributed by atoms with Crippen LogP contribution in [0.4, 0.5) is 4.39 Å². The molecule has 2 heterocycles. The van der Waals surface area contributed by atoms with Crippen LogP contribution in [0, 0.1) is 0 Å². The van der Waals surface area contributed by atoms with Gasteiger partial charge in [0.15, 0.2) is 6.29 Å². The molecule has 37 heavy (non-hydrogen) atoms. The summed E-state index contributed by atoms with van der Waals surface area (Å²) in [6.45, 7) is 5.06. The molecule has 2 N–H and O–H groups in total. The van der Waals surface area contributed by atoms with Crippen LogP contribution < -0.4 is 10.3 Å². The van der Waals surface area contributed by atoms with Gasteiger partial charge >= 0.3 is 0 Å². The zero-order valence-electron chi connectivity index (χ0n) is 21.1. The van der Waals surface area contributed by atoms with E-state index in [1.165, 1.54) is 35.6 Å². The van der Waals surface area contributed by atoms with Crippen LogP contribution in [0.5, 0.6) is 5.75 Å². The van der Waals surface area contributed by atoms with Crippen molar-refractivity contribution >= 4 is 15.9 Å². The molecule has 2 aromatic rings. The van der Waals surface area contributed by atoms with E-state index in [0.717, 1.165) is 38.2 Å². The summed E-state index contributed by atoms with van der Waals surface area (Å²) in [7, 11) is 0. The number of likely N-dealkylation sites (tertiary alicyclic amines) is 1.